The van der Waals surface area contributed by atoms with Crippen molar-refractivity contribution < 1.29 is 25.2 Å². The average Bonchev–Trinajstić information content (AvgIpc) is 3.09. The molecule has 2 amide bonds. The summed E-state index contributed by atoms with van der Waals surface area (Å²) in [6.07, 6.45) is 0.406. The highest BCUT2D eigenvalue weighted by Gasteiger charge is 2.35. The fourth-order valence-corrected chi connectivity index (χ4v) is 5.19. The van der Waals surface area contributed by atoms with Gasteiger partial charge in [-0.1, -0.05) is 109 Å². The lowest BCUT2D eigenvalue weighted by atomic mass is 10.0. The normalized spacial score (nSPS) is 14.0. The van der Waals surface area contributed by atoms with E-state index < -0.39 is 6.03 Å². The minimum Gasteiger partial charge on any atom is -0.503 e. The van der Waals surface area contributed by atoms with Crippen LogP contribution >= 0.6 is 0 Å². The maximum Gasteiger partial charge on any atom is 0.329 e. The molecule has 0 radical (unpaired) electrons. The highest BCUT2D eigenvalue weighted by Crippen LogP contribution is 2.33. The molecule has 42 heavy (non-hydrogen) atoms. The Morgan fingerprint density at radius 1 is 0.476 bits per heavy atom. The van der Waals surface area contributed by atoms with E-state index >= 15 is 0 Å². The Labute approximate surface area is 245 Å². The number of rotatable bonds is 10. The molecule has 0 unspecified atom stereocenters. The second-order valence-electron chi connectivity index (χ2n) is 10.3. The van der Waals surface area contributed by atoms with Gasteiger partial charge in [0.2, 0.25) is 0 Å². The van der Waals surface area contributed by atoms with E-state index in [9.17, 15) is 25.2 Å². The number of urea groups is 1. The maximum atomic E-state index is 14.6. The van der Waals surface area contributed by atoms with Crippen molar-refractivity contribution in [3.8, 4) is 0 Å². The molecule has 0 bridgehead atoms. The lowest BCUT2D eigenvalue weighted by molar-refractivity contribution is 0.171. The molecule has 5 rings (SSSR count). The second kappa shape index (κ2) is 13.2. The molecule has 4 aromatic carbocycles. The molecule has 0 saturated carbocycles. The van der Waals surface area contributed by atoms with E-state index in [2.05, 4.69) is 0 Å². The zero-order valence-corrected chi connectivity index (χ0v) is 23.2. The van der Waals surface area contributed by atoms with Crippen LogP contribution in [-0.2, 0) is 39.1 Å². The Morgan fingerprint density at radius 3 is 1.21 bits per heavy atom. The Hall–Kier alpha value is -4.85. The van der Waals surface area contributed by atoms with Crippen molar-refractivity contribution in [3.05, 3.63) is 165 Å². The molecule has 0 aliphatic carbocycles. The minimum absolute atomic E-state index is 0.109. The van der Waals surface area contributed by atoms with Gasteiger partial charge in [-0.05, 0) is 33.4 Å². The number of nitrogens with zero attached hydrogens (tertiary/aromatic N) is 2. The van der Waals surface area contributed by atoms with Crippen LogP contribution in [0.3, 0.4) is 0 Å². The molecule has 0 atom stereocenters. The molecule has 214 valence electrons. The van der Waals surface area contributed by atoms with Crippen LogP contribution in [0.2, 0.25) is 0 Å². The molecular weight excluding hydrogens is 528 g/mol. The van der Waals surface area contributed by atoms with Crippen LogP contribution in [0.5, 0.6) is 0 Å². The van der Waals surface area contributed by atoms with Gasteiger partial charge in [0, 0.05) is 12.8 Å². The lowest BCUT2D eigenvalue weighted by Crippen LogP contribution is -2.41. The fraction of sp³-hybridized carbons (Fsp3) is 0.171. The van der Waals surface area contributed by atoms with Crippen molar-refractivity contribution in [3.63, 3.8) is 0 Å². The maximum absolute atomic E-state index is 14.6. The molecule has 7 heteroatoms. The number of aliphatic hydroxyl groups is 4. The predicted molar refractivity (Wildman–Crippen MR) is 161 cm³/mol. The molecule has 0 saturated heterocycles. The molecule has 0 spiro atoms. The zero-order valence-electron chi connectivity index (χ0n) is 23.2. The molecule has 0 aromatic heterocycles. The zero-order chi connectivity index (χ0) is 29.5. The van der Waals surface area contributed by atoms with Gasteiger partial charge in [0.1, 0.15) is 0 Å². The summed E-state index contributed by atoms with van der Waals surface area (Å²) in [5.41, 5.74) is 5.21. The highest BCUT2D eigenvalue weighted by molar-refractivity contribution is 5.80. The topological polar surface area (TPSA) is 104 Å². The van der Waals surface area contributed by atoms with Crippen LogP contribution < -0.4 is 0 Å². The third-order valence-electron chi connectivity index (χ3n) is 7.34. The van der Waals surface area contributed by atoms with E-state index in [1.165, 1.54) is 9.80 Å². The summed E-state index contributed by atoms with van der Waals surface area (Å²) in [5.74, 6) is -0.717. The summed E-state index contributed by atoms with van der Waals surface area (Å²) >= 11 is 0. The molecular formula is C35H34N2O5. The van der Waals surface area contributed by atoms with Crippen molar-refractivity contribution in [2.24, 2.45) is 0 Å². The van der Waals surface area contributed by atoms with E-state index in [1.807, 2.05) is 97.1 Å². The Balaban J connectivity index is 1.64. The molecule has 7 nitrogen and oxygen atoms in total. The smallest absolute Gasteiger partial charge is 0.329 e. The number of aliphatic hydroxyl groups excluding tert-OH is 4. The van der Waals surface area contributed by atoms with Gasteiger partial charge in [0.05, 0.1) is 37.7 Å². The largest absolute Gasteiger partial charge is 0.503 e. The minimum atomic E-state index is -0.411. The molecule has 1 heterocycles. The van der Waals surface area contributed by atoms with Gasteiger partial charge in [-0.3, -0.25) is 9.80 Å². The quantitative estimate of drug-likeness (QED) is 0.186. The first-order valence-corrected chi connectivity index (χ1v) is 13.9. The summed E-state index contributed by atoms with van der Waals surface area (Å²) < 4.78 is 0. The second-order valence-corrected chi connectivity index (χ2v) is 10.3. The van der Waals surface area contributed by atoms with Crippen LogP contribution in [-0.4, -0.2) is 36.3 Å². The molecule has 1 aliphatic heterocycles. The Morgan fingerprint density at radius 2 is 0.833 bits per heavy atom. The third kappa shape index (κ3) is 6.54. The first-order valence-electron chi connectivity index (χ1n) is 13.9. The predicted octanol–water partition coefficient (Wildman–Crippen LogP) is 6.13. The van der Waals surface area contributed by atoms with Crippen LogP contribution in [0.25, 0.3) is 0 Å². The van der Waals surface area contributed by atoms with Crippen molar-refractivity contribution in [2.45, 2.75) is 39.1 Å². The summed E-state index contributed by atoms with van der Waals surface area (Å²) in [6, 6.07) is 33.2. The lowest BCUT2D eigenvalue weighted by Gasteiger charge is -2.32. The number of carbonyl (C=O) groups is 1. The van der Waals surface area contributed by atoms with Gasteiger partial charge in [0.25, 0.3) is 0 Å². The van der Waals surface area contributed by atoms with Crippen molar-refractivity contribution >= 4 is 6.03 Å². The van der Waals surface area contributed by atoms with E-state index in [0.717, 1.165) is 22.3 Å². The van der Waals surface area contributed by atoms with Gasteiger partial charge in [-0.2, -0.15) is 0 Å². The molecule has 1 aliphatic rings. The third-order valence-corrected chi connectivity index (χ3v) is 7.34. The van der Waals surface area contributed by atoms with Crippen LogP contribution in [0.15, 0.2) is 132 Å². The Kier molecular flexibility index (Phi) is 9.02. The number of allylic oxidation sites excluding steroid dienone is 2. The molecule has 4 N–H and O–H groups in total. The van der Waals surface area contributed by atoms with E-state index in [0.29, 0.717) is 11.1 Å². The van der Waals surface area contributed by atoms with Crippen LogP contribution in [0.1, 0.15) is 33.4 Å². The summed E-state index contributed by atoms with van der Waals surface area (Å²) in [5, 5.41) is 42.7. The fourth-order valence-electron chi connectivity index (χ4n) is 5.19. The number of hydrogen-bond donors (Lipinski definition) is 4. The highest BCUT2D eigenvalue weighted by atomic mass is 16.3. The van der Waals surface area contributed by atoms with Crippen LogP contribution in [0.4, 0.5) is 4.79 Å². The summed E-state index contributed by atoms with van der Waals surface area (Å²) in [4.78, 5) is 17.6. The molecule has 4 aromatic rings. The standard InChI is InChI=1S/C35H34N2O5/c38-23-29-15-7-13-27(17-29)21-36-31(19-25-9-3-1-4-10-25)33(40)34(41)32(20-26-11-5-2-6-12-26)37(35(36)42)22-28-14-8-16-30(18-28)24-39/h1-18,38-41H,19-24H2. The number of hydrogen-bond acceptors (Lipinski definition) is 5. The first kappa shape index (κ1) is 28.7. The average molecular weight is 563 g/mol. The van der Waals surface area contributed by atoms with Gasteiger partial charge in [-0.25, -0.2) is 4.79 Å². The van der Waals surface area contributed by atoms with Gasteiger partial charge in [0.15, 0.2) is 11.5 Å². The summed E-state index contributed by atoms with van der Waals surface area (Å²) in [6.45, 7) is -0.0662. The number of carbonyl (C=O) groups excluding carboxylic acids is 1. The van der Waals surface area contributed by atoms with Crippen molar-refractivity contribution in [2.75, 3.05) is 0 Å². The Bertz CT molecular complexity index is 1480. The van der Waals surface area contributed by atoms with Gasteiger partial charge >= 0.3 is 6.03 Å². The van der Waals surface area contributed by atoms with Crippen LogP contribution in [0, 0.1) is 0 Å². The van der Waals surface area contributed by atoms with Crippen molar-refractivity contribution in [1.29, 1.82) is 0 Å². The monoisotopic (exact) mass is 562 g/mol. The number of amides is 2. The van der Waals surface area contributed by atoms with Crippen molar-refractivity contribution in [1.82, 2.24) is 9.80 Å². The SMILES string of the molecule is O=C1N(Cc2cccc(CO)c2)C(Cc2ccccc2)=C(O)C(O)=C(Cc2ccccc2)N1Cc1cccc(CO)c1. The van der Waals surface area contributed by atoms with E-state index in [1.54, 1.807) is 12.1 Å². The van der Waals surface area contributed by atoms with Gasteiger partial charge in [-0.15, -0.1) is 0 Å². The first-order chi connectivity index (χ1) is 20.5. The van der Waals surface area contributed by atoms with E-state index in [4.69, 9.17) is 0 Å². The number of benzene rings is 4. The molecule has 0 fully saturated rings. The summed E-state index contributed by atoms with van der Waals surface area (Å²) in [7, 11) is 0. The van der Waals surface area contributed by atoms with E-state index in [-0.39, 0.29) is 62.1 Å². The van der Waals surface area contributed by atoms with Gasteiger partial charge < -0.3 is 20.4 Å².